The highest BCUT2D eigenvalue weighted by atomic mass is 35.5. The average molecular weight is 316 g/mol. The molecule has 2 nitrogen and oxygen atoms in total. The third-order valence-corrected chi connectivity index (χ3v) is 4.82. The quantitative estimate of drug-likeness (QED) is 0.884. The predicted molar refractivity (Wildman–Crippen MR) is 82.6 cm³/mol. The lowest BCUT2D eigenvalue weighted by Gasteiger charge is -2.22. The number of carbonyl (C=O) groups excluding carboxylic acids is 1. The second kappa shape index (κ2) is 7.89. The smallest absolute Gasteiger partial charge is 0.230 e. The molecule has 0 atom stereocenters. The number of nitrogens with one attached hydrogen (secondary N) is 1. The van der Waals surface area contributed by atoms with Crippen molar-refractivity contribution < 1.29 is 9.18 Å². The highest BCUT2D eigenvalue weighted by molar-refractivity contribution is 7.99. The van der Waals surface area contributed by atoms with E-state index in [1.807, 2.05) is 0 Å². The largest absolute Gasteiger partial charge is 0.353 e. The van der Waals surface area contributed by atoms with Crippen LogP contribution >= 0.6 is 23.4 Å². The molecule has 1 aromatic rings. The highest BCUT2D eigenvalue weighted by Crippen LogP contribution is 2.24. The Hall–Kier alpha value is -0.740. The minimum atomic E-state index is -0.308. The number of thioether (sulfide) groups is 1. The molecule has 1 N–H and O–H groups in total. The number of carbonyl (C=O) groups is 1. The van der Waals surface area contributed by atoms with Gasteiger partial charge in [-0.05, 0) is 25.0 Å². The van der Waals surface area contributed by atoms with Crippen molar-refractivity contribution in [3.63, 3.8) is 0 Å². The Bertz CT molecular complexity index is 443. The summed E-state index contributed by atoms with van der Waals surface area (Å²) < 4.78 is 13.5. The molecule has 0 spiro atoms. The molecule has 110 valence electrons. The first-order valence-corrected chi connectivity index (χ1v) is 8.50. The third kappa shape index (κ3) is 4.67. The number of benzene rings is 1. The van der Waals surface area contributed by atoms with E-state index in [4.69, 9.17) is 11.6 Å². The molecule has 0 saturated heterocycles. The number of rotatable bonds is 5. The lowest BCUT2D eigenvalue weighted by atomic mass is 9.95. The molecular weight excluding hydrogens is 297 g/mol. The van der Waals surface area contributed by atoms with Crippen molar-refractivity contribution in [3.8, 4) is 0 Å². The van der Waals surface area contributed by atoms with E-state index in [0.717, 1.165) is 12.8 Å². The SMILES string of the molecule is O=C(CSCc1c(F)cccc1Cl)NC1CCCCC1. The fourth-order valence-corrected chi connectivity index (χ4v) is 3.61. The van der Waals surface area contributed by atoms with E-state index in [9.17, 15) is 9.18 Å². The fraction of sp³-hybridized carbons (Fsp3) is 0.533. The van der Waals surface area contributed by atoms with Gasteiger partial charge in [0.25, 0.3) is 0 Å². The Balaban J connectivity index is 1.73. The van der Waals surface area contributed by atoms with Crippen LogP contribution in [0.2, 0.25) is 5.02 Å². The van der Waals surface area contributed by atoms with Gasteiger partial charge in [0.2, 0.25) is 5.91 Å². The summed E-state index contributed by atoms with van der Waals surface area (Å²) in [5.41, 5.74) is 0.477. The predicted octanol–water partition coefficient (Wildman–Crippen LogP) is 4.16. The molecule has 1 aliphatic carbocycles. The van der Waals surface area contributed by atoms with Crippen molar-refractivity contribution in [1.29, 1.82) is 0 Å². The van der Waals surface area contributed by atoms with Gasteiger partial charge >= 0.3 is 0 Å². The molecule has 20 heavy (non-hydrogen) atoms. The van der Waals surface area contributed by atoms with Crippen LogP contribution in [0.15, 0.2) is 18.2 Å². The van der Waals surface area contributed by atoms with Crippen molar-refractivity contribution in [3.05, 3.63) is 34.6 Å². The summed E-state index contributed by atoms with van der Waals surface area (Å²) in [5.74, 6) is 0.497. The van der Waals surface area contributed by atoms with Crippen LogP contribution in [0.1, 0.15) is 37.7 Å². The normalized spacial score (nSPS) is 16.1. The van der Waals surface area contributed by atoms with Gasteiger partial charge in [0.1, 0.15) is 5.82 Å². The lowest BCUT2D eigenvalue weighted by Crippen LogP contribution is -2.37. The molecule has 5 heteroatoms. The average Bonchev–Trinajstić information content (AvgIpc) is 2.43. The van der Waals surface area contributed by atoms with Gasteiger partial charge in [-0.25, -0.2) is 4.39 Å². The minimum Gasteiger partial charge on any atom is -0.353 e. The van der Waals surface area contributed by atoms with E-state index in [0.29, 0.717) is 28.1 Å². The molecule has 0 aromatic heterocycles. The maximum atomic E-state index is 13.5. The van der Waals surface area contributed by atoms with Crippen molar-refractivity contribution in [2.24, 2.45) is 0 Å². The summed E-state index contributed by atoms with van der Waals surface area (Å²) in [6.45, 7) is 0. The van der Waals surface area contributed by atoms with Crippen LogP contribution in [0, 0.1) is 5.82 Å². The van der Waals surface area contributed by atoms with Crippen LogP contribution in [0.25, 0.3) is 0 Å². The van der Waals surface area contributed by atoms with E-state index in [2.05, 4.69) is 5.32 Å². The molecule has 0 radical (unpaired) electrons. The van der Waals surface area contributed by atoms with Gasteiger partial charge in [-0.2, -0.15) is 0 Å². The van der Waals surface area contributed by atoms with Crippen LogP contribution in [-0.4, -0.2) is 17.7 Å². The van der Waals surface area contributed by atoms with Crippen molar-refractivity contribution >= 4 is 29.3 Å². The first kappa shape index (κ1) is 15.6. The molecule has 0 bridgehead atoms. The van der Waals surface area contributed by atoms with Gasteiger partial charge < -0.3 is 5.32 Å². The van der Waals surface area contributed by atoms with Crippen molar-refractivity contribution in [1.82, 2.24) is 5.32 Å². The number of halogens is 2. The zero-order valence-electron chi connectivity index (χ0n) is 11.3. The summed E-state index contributed by atoms with van der Waals surface area (Å²) >= 11 is 7.34. The van der Waals surface area contributed by atoms with Crippen molar-refractivity contribution in [2.75, 3.05) is 5.75 Å². The highest BCUT2D eigenvalue weighted by Gasteiger charge is 2.15. The van der Waals surface area contributed by atoms with Gasteiger partial charge in [-0.3, -0.25) is 4.79 Å². The van der Waals surface area contributed by atoms with Crippen LogP contribution in [0.3, 0.4) is 0 Å². The Kier molecular flexibility index (Phi) is 6.17. The molecule has 2 rings (SSSR count). The molecule has 1 aromatic carbocycles. The Labute approximate surface area is 128 Å². The van der Waals surface area contributed by atoms with Crippen LogP contribution in [-0.2, 0) is 10.5 Å². The monoisotopic (exact) mass is 315 g/mol. The zero-order valence-corrected chi connectivity index (χ0v) is 12.9. The maximum absolute atomic E-state index is 13.5. The molecule has 0 aliphatic heterocycles. The number of amides is 1. The topological polar surface area (TPSA) is 29.1 Å². The second-order valence-corrected chi connectivity index (χ2v) is 6.49. The standard InChI is InChI=1S/C15H19ClFNOS/c16-13-7-4-8-14(17)12(13)9-20-10-15(19)18-11-5-2-1-3-6-11/h4,7-8,11H,1-3,5-6,9-10H2,(H,18,19). The van der Waals surface area contributed by atoms with E-state index < -0.39 is 0 Å². The van der Waals surface area contributed by atoms with E-state index in [-0.39, 0.29) is 11.7 Å². The summed E-state index contributed by atoms with van der Waals surface area (Å²) in [6, 6.07) is 4.97. The molecular formula is C15H19ClFNOS. The van der Waals surface area contributed by atoms with Crippen LogP contribution < -0.4 is 5.32 Å². The summed E-state index contributed by atoms with van der Waals surface area (Å²) in [4.78, 5) is 11.8. The van der Waals surface area contributed by atoms with Gasteiger partial charge in [-0.15, -0.1) is 11.8 Å². The maximum Gasteiger partial charge on any atom is 0.230 e. The summed E-state index contributed by atoms with van der Waals surface area (Å²) in [7, 11) is 0. The Morgan fingerprint density at radius 1 is 1.35 bits per heavy atom. The fourth-order valence-electron chi connectivity index (χ4n) is 2.43. The van der Waals surface area contributed by atoms with Gasteiger partial charge in [0.15, 0.2) is 0 Å². The van der Waals surface area contributed by atoms with E-state index in [1.165, 1.54) is 37.1 Å². The molecule has 1 fully saturated rings. The zero-order chi connectivity index (χ0) is 14.4. The van der Waals surface area contributed by atoms with E-state index >= 15 is 0 Å². The van der Waals surface area contributed by atoms with E-state index in [1.54, 1.807) is 12.1 Å². The first-order chi connectivity index (χ1) is 9.66. The number of hydrogen-bond donors (Lipinski definition) is 1. The van der Waals surface area contributed by atoms with Gasteiger partial charge in [0.05, 0.1) is 5.75 Å². The second-order valence-electron chi connectivity index (χ2n) is 5.10. The number of hydrogen-bond acceptors (Lipinski definition) is 2. The molecule has 0 heterocycles. The Morgan fingerprint density at radius 3 is 2.80 bits per heavy atom. The van der Waals surface area contributed by atoms with Crippen LogP contribution in [0.4, 0.5) is 4.39 Å². The molecule has 1 saturated carbocycles. The summed E-state index contributed by atoms with van der Waals surface area (Å²) in [6.07, 6.45) is 5.82. The summed E-state index contributed by atoms with van der Waals surface area (Å²) in [5, 5.41) is 3.47. The lowest BCUT2D eigenvalue weighted by molar-refractivity contribution is -0.119. The van der Waals surface area contributed by atoms with Gasteiger partial charge in [-0.1, -0.05) is 36.9 Å². The van der Waals surface area contributed by atoms with Crippen LogP contribution in [0.5, 0.6) is 0 Å². The Morgan fingerprint density at radius 2 is 2.10 bits per heavy atom. The minimum absolute atomic E-state index is 0.0364. The van der Waals surface area contributed by atoms with Crippen molar-refractivity contribution in [2.45, 2.75) is 43.9 Å². The van der Waals surface area contributed by atoms with Gasteiger partial charge in [0, 0.05) is 22.4 Å². The molecule has 0 unspecified atom stereocenters. The molecule has 1 aliphatic rings. The third-order valence-electron chi connectivity index (χ3n) is 3.51. The molecule has 1 amide bonds. The first-order valence-electron chi connectivity index (χ1n) is 6.97.